The molecule has 11 rings (SSSR count). The van der Waals surface area contributed by atoms with E-state index in [-0.39, 0.29) is 0 Å². The average Bonchev–Trinajstić information content (AvgIpc) is 3.60. The van der Waals surface area contributed by atoms with Crippen molar-refractivity contribution in [2.24, 2.45) is 0 Å². The fourth-order valence-corrected chi connectivity index (χ4v) is 8.59. The minimum atomic E-state index is 0.914. The van der Waals surface area contributed by atoms with Crippen molar-refractivity contribution in [1.29, 1.82) is 0 Å². The third kappa shape index (κ3) is 4.16. The zero-order valence-corrected chi connectivity index (χ0v) is 27.7. The molecule has 0 saturated carbocycles. The zero-order valence-electron chi connectivity index (χ0n) is 27.7. The van der Waals surface area contributed by atoms with Crippen LogP contribution < -0.4 is 0 Å². The Morgan fingerprint density at radius 1 is 0.294 bits per heavy atom. The number of para-hydroxylation sites is 1. The lowest BCUT2D eigenvalue weighted by Crippen LogP contribution is -1.93. The van der Waals surface area contributed by atoms with E-state index in [2.05, 4.69) is 182 Å². The van der Waals surface area contributed by atoms with Crippen LogP contribution in [0.4, 0.5) is 0 Å². The van der Waals surface area contributed by atoms with E-state index >= 15 is 0 Å². The third-order valence-electron chi connectivity index (χ3n) is 10.8. The fourth-order valence-electron chi connectivity index (χ4n) is 8.59. The first kappa shape index (κ1) is 28.2. The van der Waals surface area contributed by atoms with E-state index < -0.39 is 0 Å². The molecule has 0 spiro atoms. The van der Waals surface area contributed by atoms with Crippen LogP contribution in [-0.4, -0.2) is 0 Å². The summed E-state index contributed by atoms with van der Waals surface area (Å²) in [5.41, 5.74) is 9.07. The van der Waals surface area contributed by atoms with E-state index in [1.165, 1.54) is 87.1 Å². The van der Waals surface area contributed by atoms with Gasteiger partial charge in [-0.15, -0.1) is 0 Å². The van der Waals surface area contributed by atoms with E-state index in [1.807, 2.05) is 0 Å². The molecule has 1 aromatic heterocycles. The smallest absolute Gasteiger partial charge is 0.143 e. The van der Waals surface area contributed by atoms with Gasteiger partial charge in [0.15, 0.2) is 0 Å². The Morgan fingerprint density at radius 2 is 0.824 bits per heavy atom. The first-order valence-corrected chi connectivity index (χ1v) is 17.6. The Hall–Kier alpha value is -6.70. The first-order chi connectivity index (χ1) is 25.3. The van der Waals surface area contributed by atoms with Crippen LogP contribution in [-0.2, 0) is 0 Å². The summed E-state index contributed by atoms with van der Waals surface area (Å²) >= 11 is 0. The normalized spacial score (nSPS) is 11.9. The minimum absolute atomic E-state index is 0.914. The molecule has 0 aliphatic rings. The summed E-state index contributed by atoms with van der Waals surface area (Å²) in [6.45, 7) is 0. The number of hydrogen-bond acceptors (Lipinski definition) is 1. The Bertz CT molecular complexity index is 3130. The topological polar surface area (TPSA) is 13.1 Å². The molecule has 0 amide bonds. The second kappa shape index (κ2) is 10.9. The van der Waals surface area contributed by atoms with Crippen molar-refractivity contribution in [2.45, 2.75) is 0 Å². The molecule has 0 atom stereocenters. The summed E-state index contributed by atoms with van der Waals surface area (Å²) in [4.78, 5) is 0. The molecule has 51 heavy (non-hydrogen) atoms. The molecule has 0 N–H and O–H groups in total. The van der Waals surface area contributed by atoms with Crippen LogP contribution >= 0.6 is 0 Å². The molecule has 0 saturated heterocycles. The first-order valence-electron chi connectivity index (χ1n) is 17.6. The lowest BCUT2D eigenvalue weighted by atomic mass is 9.82. The van der Waals surface area contributed by atoms with Gasteiger partial charge < -0.3 is 4.42 Å². The van der Waals surface area contributed by atoms with Crippen molar-refractivity contribution < 1.29 is 4.42 Å². The van der Waals surface area contributed by atoms with Gasteiger partial charge in [-0.3, -0.25) is 0 Å². The average molecular weight is 647 g/mol. The van der Waals surface area contributed by atoms with Crippen LogP contribution in [0.2, 0.25) is 0 Å². The van der Waals surface area contributed by atoms with Gasteiger partial charge >= 0.3 is 0 Å². The van der Waals surface area contributed by atoms with Crippen molar-refractivity contribution in [3.8, 4) is 33.4 Å². The maximum Gasteiger partial charge on any atom is 0.143 e. The number of rotatable bonds is 3. The zero-order chi connectivity index (χ0) is 33.5. The maximum absolute atomic E-state index is 6.82. The minimum Gasteiger partial charge on any atom is -0.455 e. The fraction of sp³-hybridized carbons (Fsp3) is 0. The predicted molar refractivity (Wildman–Crippen MR) is 218 cm³/mol. The molecule has 1 nitrogen and oxygen atoms in total. The molecule has 11 aromatic rings. The third-order valence-corrected chi connectivity index (χ3v) is 10.8. The highest BCUT2D eigenvalue weighted by Gasteiger charge is 2.22. The van der Waals surface area contributed by atoms with E-state index in [9.17, 15) is 0 Å². The number of furan rings is 1. The second-order valence-electron chi connectivity index (χ2n) is 13.6. The monoisotopic (exact) mass is 646 g/mol. The number of fused-ring (bicyclic) bond motifs is 10. The molecule has 0 unspecified atom stereocenters. The molecule has 1 heterocycles. The molecule has 1 heteroatoms. The standard InChI is InChI=1S/C50H30O/c1-2-13-31(14-3-1)43-29-34-26-25-32-15-4-6-17-35(32)44(34)30-45(43)48-39-21-10-8-19-37(39)47(38-20-9-11-22-40(38)48)41-23-12-24-42-49-36-18-7-5-16-33(36)27-28-46(49)51-50(41)42/h1-30H. The molecule has 0 fully saturated rings. The van der Waals surface area contributed by atoms with Gasteiger partial charge in [0.2, 0.25) is 0 Å². The summed E-state index contributed by atoms with van der Waals surface area (Å²) in [5.74, 6) is 0. The quantitative estimate of drug-likeness (QED) is 0.138. The van der Waals surface area contributed by atoms with Crippen LogP contribution in [0, 0.1) is 0 Å². The molecular formula is C50H30O. The van der Waals surface area contributed by atoms with Gasteiger partial charge in [-0.2, -0.15) is 0 Å². The van der Waals surface area contributed by atoms with Crippen LogP contribution in [0.5, 0.6) is 0 Å². The molecule has 0 aliphatic carbocycles. The Morgan fingerprint density at radius 3 is 1.53 bits per heavy atom. The SMILES string of the molecule is c1ccc(-c2cc3ccc4ccccc4c3cc2-c2c3ccccc3c(-c3cccc4c3oc3ccc5ccccc5c34)c3ccccc23)cc1. The van der Waals surface area contributed by atoms with Crippen LogP contribution in [0.1, 0.15) is 0 Å². The lowest BCUT2D eigenvalue weighted by molar-refractivity contribution is 0.670. The molecule has 236 valence electrons. The predicted octanol–water partition coefficient (Wildman–Crippen LogP) is 14.4. The van der Waals surface area contributed by atoms with Crippen molar-refractivity contribution in [3.63, 3.8) is 0 Å². The van der Waals surface area contributed by atoms with E-state index in [0.29, 0.717) is 0 Å². The van der Waals surface area contributed by atoms with Gasteiger partial charge in [0.1, 0.15) is 11.2 Å². The molecule has 0 bridgehead atoms. The largest absolute Gasteiger partial charge is 0.455 e. The van der Waals surface area contributed by atoms with E-state index in [0.717, 1.165) is 22.1 Å². The van der Waals surface area contributed by atoms with Crippen molar-refractivity contribution in [2.75, 3.05) is 0 Å². The highest BCUT2D eigenvalue weighted by Crippen LogP contribution is 2.49. The van der Waals surface area contributed by atoms with Crippen molar-refractivity contribution in [3.05, 3.63) is 182 Å². The molecule has 0 radical (unpaired) electrons. The van der Waals surface area contributed by atoms with Gasteiger partial charge in [0.05, 0.1) is 0 Å². The Kier molecular flexibility index (Phi) is 6.02. The molecular weight excluding hydrogens is 617 g/mol. The van der Waals surface area contributed by atoms with Crippen molar-refractivity contribution >= 4 is 75.8 Å². The summed E-state index contributed by atoms with van der Waals surface area (Å²) in [6, 6.07) is 66.3. The maximum atomic E-state index is 6.82. The van der Waals surface area contributed by atoms with Gasteiger partial charge in [-0.25, -0.2) is 0 Å². The molecule has 10 aromatic carbocycles. The Labute approximate surface area is 294 Å². The summed E-state index contributed by atoms with van der Waals surface area (Å²) in [7, 11) is 0. The Balaban J connectivity index is 1.29. The van der Waals surface area contributed by atoms with Crippen LogP contribution in [0.15, 0.2) is 186 Å². The number of benzene rings is 10. The van der Waals surface area contributed by atoms with Gasteiger partial charge in [-0.05, 0) is 94.3 Å². The van der Waals surface area contributed by atoms with Crippen LogP contribution in [0.3, 0.4) is 0 Å². The van der Waals surface area contributed by atoms with Crippen molar-refractivity contribution in [1.82, 2.24) is 0 Å². The summed E-state index contributed by atoms with van der Waals surface area (Å²) < 4.78 is 6.82. The van der Waals surface area contributed by atoms with E-state index in [4.69, 9.17) is 4.42 Å². The van der Waals surface area contributed by atoms with Crippen LogP contribution in [0.25, 0.3) is 109 Å². The van der Waals surface area contributed by atoms with Gasteiger partial charge in [0.25, 0.3) is 0 Å². The highest BCUT2D eigenvalue weighted by molar-refractivity contribution is 6.27. The highest BCUT2D eigenvalue weighted by atomic mass is 16.3. The molecule has 0 aliphatic heterocycles. The number of hydrogen-bond donors (Lipinski definition) is 0. The second-order valence-corrected chi connectivity index (χ2v) is 13.6. The van der Waals surface area contributed by atoms with Gasteiger partial charge in [-0.1, -0.05) is 164 Å². The lowest BCUT2D eigenvalue weighted by Gasteiger charge is -2.21. The van der Waals surface area contributed by atoms with Gasteiger partial charge in [0, 0.05) is 21.9 Å². The summed E-state index contributed by atoms with van der Waals surface area (Å²) in [6.07, 6.45) is 0. The van der Waals surface area contributed by atoms with E-state index in [1.54, 1.807) is 0 Å². The summed E-state index contributed by atoms with van der Waals surface area (Å²) in [5, 5.41) is 14.6.